The fourth-order valence-electron chi connectivity index (χ4n) is 4.66. The molecule has 0 atom stereocenters. The maximum atomic E-state index is 8.94. The Hall–Kier alpha value is -7.32. The van der Waals surface area contributed by atoms with Crippen molar-refractivity contribution in [3.63, 3.8) is 0 Å². The molecule has 0 aliphatic heterocycles. The Morgan fingerprint density at radius 2 is 0.463 bits per heavy atom. The number of benzene rings is 4. The molecule has 270 valence electrons. The number of nitrogens with zero attached hydrogens (tertiary/aromatic N) is 4. The van der Waals surface area contributed by atoms with E-state index >= 15 is 0 Å². The molecule has 4 aromatic carbocycles. The third-order valence-electron chi connectivity index (χ3n) is 7.82. The summed E-state index contributed by atoms with van der Waals surface area (Å²) in [6.07, 6.45) is 14.3. The lowest BCUT2D eigenvalue weighted by Crippen LogP contribution is -1.77. The second-order valence-electron chi connectivity index (χ2n) is 11.5. The van der Waals surface area contributed by atoms with Gasteiger partial charge in [0.2, 0.25) is 0 Å². The van der Waals surface area contributed by atoms with Crippen LogP contribution in [0.2, 0.25) is 0 Å². The Balaban J connectivity index is 0.000000151. The summed E-state index contributed by atoms with van der Waals surface area (Å²) >= 11 is 0. The van der Waals surface area contributed by atoms with Crippen molar-refractivity contribution in [2.24, 2.45) is 0 Å². The van der Waals surface area contributed by atoms with Crippen molar-refractivity contribution in [3.8, 4) is 56.4 Å². The van der Waals surface area contributed by atoms with E-state index in [-0.39, 0.29) is 23.0 Å². The highest BCUT2D eigenvalue weighted by atomic mass is 16.3. The summed E-state index contributed by atoms with van der Waals surface area (Å²) in [5.41, 5.74) is 8.30. The molecule has 8 aromatic rings. The Morgan fingerprint density at radius 1 is 0.259 bits per heavy atom. The first kappa shape index (κ1) is 39.5. The highest BCUT2D eigenvalue weighted by Gasteiger charge is 1.99. The predicted octanol–water partition coefficient (Wildman–Crippen LogP) is 10.5. The molecular formula is C46H42N4O4. The Morgan fingerprint density at radius 3 is 0.667 bits per heavy atom. The van der Waals surface area contributed by atoms with Gasteiger partial charge in [-0.15, -0.1) is 0 Å². The van der Waals surface area contributed by atoms with E-state index in [0.29, 0.717) is 11.1 Å². The van der Waals surface area contributed by atoms with E-state index in [1.165, 1.54) is 57.6 Å². The standard InChI is InChI=1S/C12H10.2C10H8N2.2C7H8O2/c1-3-7-11(8-4-1)12-9-5-2-6-10-12;2*1-5-11-6-2-9(1)10-3-7-12-8-4-10;2*1-5-6(8)3-2-4-7(5)9/h1-10H;2*1-8H;2*2-4,8-9H,1H3. The van der Waals surface area contributed by atoms with E-state index in [1.807, 2.05) is 60.7 Å². The van der Waals surface area contributed by atoms with Crippen LogP contribution in [-0.4, -0.2) is 40.4 Å². The number of pyridine rings is 4. The summed E-state index contributed by atoms with van der Waals surface area (Å²) in [5, 5.41) is 35.8. The minimum absolute atomic E-state index is 0.134. The highest BCUT2D eigenvalue weighted by Crippen LogP contribution is 2.25. The van der Waals surface area contributed by atoms with Gasteiger partial charge in [0, 0.05) is 60.7 Å². The van der Waals surface area contributed by atoms with Crippen LogP contribution in [0.1, 0.15) is 11.1 Å². The van der Waals surface area contributed by atoms with Crippen LogP contribution in [0.3, 0.4) is 0 Å². The topological polar surface area (TPSA) is 132 Å². The zero-order valence-corrected chi connectivity index (χ0v) is 30.1. The van der Waals surface area contributed by atoms with E-state index in [2.05, 4.69) is 68.5 Å². The highest BCUT2D eigenvalue weighted by molar-refractivity contribution is 5.63. The van der Waals surface area contributed by atoms with Crippen LogP contribution in [0.4, 0.5) is 0 Å². The van der Waals surface area contributed by atoms with Crippen molar-refractivity contribution in [2.75, 3.05) is 0 Å². The monoisotopic (exact) mass is 714 g/mol. The molecule has 0 aliphatic carbocycles. The molecule has 0 saturated heterocycles. The molecule has 0 amide bonds. The molecule has 4 N–H and O–H groups in total. The van der Waals surface area contributed by atoms with Crippen molar-refractivity contribution in [1.29, 1.82) is 0 Å². The molecule has 0 radical (unpaired) electrons. The molecule has 0 saturated carbocycles. The molecule has 54 heavy (non-hydrogen) atoms. The van der Waals surface area contributed by atoms with Crippen LogP contribution in [0.5, 0.6) is 23.0 Å². The molecule has 0 bridgehead atoms. The lowest BCUT2D eigenvalue weighted by atomic mass is 10.1. The minimum atomic E-state index is 0.134. The number of hydrogen-bond acceptors (Lipinski definition) is 8. The summed E-state index contributed by atoms with van der Waals surface area (Å²) in [5.74, 6) is 0.537. The number of hydrogen-bond donors (Lipinski definition) is 4. The molecule has 4 heterocycles. The van der Waals surface area contributed by atoms with Crippen molar-refractivity contribution in [1.82, 2.24) is 19.9 Å². The Kier molecular flexibility index (Phi) is 15.9. The van der Waals surface area contributed by atoms with Gasteiger partial charge in [-0.3, -0.25) is 19.9 Å². The van der Waals surface area contributed by atoms with Crippen molar-refractivity contribution in [3.05, 3.63) is 206 Å². The van der Waals surface area contributed by atoms with Gasteiger partial charge in [0.05, 0.1) is 0 Å². The van der Waals surface area contributed by atoms with E-state index in [4.69, 9.17) is 20.4 Å². The van der Waals surface area contributed by atoms with Gasteiger partial charge >= 0.3 is 0 Å². The number of aromatic nitrogens is 4. The summed E-state index contributed by atoms with van der Waals surface area (Å²) in [6.45, 7) is 3.31. The molecule has 4 aromatic heterocycles. The van der Waals surface area contributed by atoms with E-state index in [1.54, 1.807) is 75.6 Å². The van der Waals surface area contributed by atoms with Crippen molar-refractivity contribution < 1.29 is 20.4 Å². The summed E-state index contributed by atoms with van der Waals surface area (Å²) < 4.78 is 0. The number of phenolic OH excluding ortho intramolecular Hbond substituents is 4. The maximum Gasteiger partial charge on any atom is 0.122 e. The third-order valence-corrected chi connectivity index (χ3v) is 7.82. The lowest BCUT2D eigenvalue weighted by Gasteiger charge is -1.98. The normalized spacial score (nSPS) is 9.59. The fraction of sp³-hybridized carbons (Fsp3) is 0.0435. The second kappa shape index (κ2) is 21.8. The predicted molar refractivity (Wildman–Crippen MR) is 216 cm³/mol. The van der Waals surface area contributed by atoms with Gasteiger partial charge in [-0.2, -0.15) is 0 Å². The van der Waals surface area contributed by atoms with Gasteiger partial charge in [-0.25, -0.2) is 0 Å². The number of rotatable bonds is 3. The molecule has 0 spiro atoms. The maximum absolute atomic E-state index is 8.94. The number of aromatic hydroxyl groups is 4. The van der Waals surface area contributed by atoms with E-state index in [0.717, 1.165) is 0 Å². The zero-order chi connectivity index (χ0) is 38.4. The van der Waals surface area contributed by atoms with Crippen molar-refractivity contribution >= 4 is 0 Å². The molecule has 8 heteroatoms. The molecule has 0 unspecified atom stereocenters. The van der Waals surface area contributed by atoms with Crippen LogP contribution in [0, 0.1) is 13.8 Å². The van der Waals surface area contributed by atoms with Crippen LogP contribution < -0.4 is 0 Å². The van der Waals surface area contributed by atoms with Gasteiger partial charge in [0.25, 0.3) is 0 Å². The summed E-state index contributed by atoms with van der Waals surface area (Å²) in [6, 6.07) is 46.0. The second-order valence-corrected chi connectivity index (χ2v) is 11.5. The zero-order valence-electron chi connectivity index (χ0n) is 30.1. The summed E-state index contributed by atoms with van der Waals surface area (Å²) in [7, 11) is 0. The smallest absolute Gasteiger partial charge is 0.122 e. The third kappa shape index (κ3) is 13.1. The first-order chi connectivity index (χ1) is 26.3. The Labute approximate surface area is 316 Å². The number of phenols is 4. The van der Waals surface area contributed by atoms with Gasteiger partial charge in [-0.1, -0.05) is 72.8 Å². The first-order valence-electron chi connectivity index (χ1n) is 17.0. The largest absolute Gasteiger partial charge is 0.508 e. The molecule has 8 rings (SSSR count). The first-order valence-corrected chi connectivity index (χ1v) is 17.0. The molecular weight excluding hydrogens is 673 g/mol. The van der Waals surface area contributed by atoms with Gasteiger partial charge < -0.3 is 20.4 Å². The SMILES string of the molecule is Cc1c(O)cccc1O.Cc1c(O)cccc1O.c1cc(-c2ccncc2)ccn1.c1cc(-c2ccncc2)ccn1.c1ccc(-c2ccccc2)cc1. The van der Waals surface area contributed by atoms with Gasteiger partial charge in [0.1, 0.15) is 23.0 Å². The molecule has 0 aliphatic rings. The molecule has 8 nitrogen and oxygen atoms in total. The van der Waals surface area contributed by atoms with E-state index < -0.39 is 0 Å². The average molecular weight is 715 g/mol. The van der Waals surface area contributed by atoms with Gasteiger partial charge in [0.15, 0.2) is 0 Å². The summed E-state index contributed by atoms with van der Waals surface area (Å²) in [4.78, 5) is 15.8. The minimum Gasteiger partial charge on any atom is -0.508 e. The van der Waals surface area contributed by atoms with Crippen LogP contribution in [0.15, 0.2) is 195 Å². The van der Waals surface area contributed by atoms with Crippen molar-refractivity contribution in [2.45, 2.75) is 13.8 Å². The molecule has 0 fully saturated rings. The van der Waals surface area contributed by atoms with Crippen LogP contribution in [-0.2, 0) is 0 Å². The fourth-order valence-corrected chi connectivity index (χ4v) is 4.66. The Bertz CT molecular complexity index is 1830. The van der Waals surface area contributed by atoms with Gasteiger partial charge in [-0.05, 0) is 120 Å². The average Bonchev–Trinajstić information content (AvgIpc) is 3.25. The van der Waals surface area contributed by atoms with Crippen LogP contribution >= 0.6 is 0 Å². The van der Waals surface area contributed by atoms with Crippen LogP contribution in [0.25, 0.3) is 33.4 Å². The lowest BCUT2D eigenvalue weighted by molar-refractivity contribution is 0.442. The van der Waals surface area contributed by atoms with E-state index in [9.17, 15) is 0 Å². The quantitative estimate of drug-likeness (QED) is 0.142.